The van der Waals surface area contributed by atoms with Crippen LogP contribution in [0.25, 0.3) is 10.2 Å². The van der Waals surface area contributed by atoms with E-state index in [4.69, 9.17) is 14.5 Å². The van der Waals surface area contributed by atoms with E-state index in [0.29, 0.717) is 48.4 Å². The zero-order valence-corrected chi connectivity index (χ0v) is 21.9. The third-order valence-corrected chi connectivity index (χ3v) is 8.88. The molecule has 3 heterocycles. The maximum absolute atomic E-state index is 13.5. The van der Waals surface area contributed by atoms with Crippen LogP contribution in [-0.4, -0.2) is 75.6 Å². The van der Waals surface area contributed by atoms with E-state index in [-0.39, 0.29) is 30.0 Å². The Bertz CT molecular complexity index is 1280. The minimum absolute atomic E-state index is 0. The zero-order chi connectivity index (χ0) is 23.9. The predicted molar refractivity (Wildman–Crippen MR) is 138 cm³/mol. The lowest BCUT2D eigenvalue weighted by Gasteiger charge is -2.22. The van der Waals surface area contributed by atoms with Gasteiger partial charge in [0.2, 0.25) is 16.8 Å². The summed E-state index contributed by atoms with van der Waals surface area (Å²) in [6, 6.07) is 9.90. The van der Waals surface area contributed by atoms with Gasteiger partial charge >= 0.3 is 0 Å². The standard InChI is InChI=1S/C23H26N4O5S2.ClH/c1-25(2)11-12-27(23-24-18-13-19-20(32-15-31-19)14-21(18)33-23)22(28)16-5-7-17(8-6-16)34(29,30)26-9-3-4-10-26;/h5-8,13-14H,3-4,9-12,15H2,1-2H3;1H. The Morgan fingerprint density at radius 2 is 1.71 bits per heavy atom. The molecule has 0 bridgehead atoms. The monoisotopic (exact) mass is 538 g/mol. The fourth-order valence-corrected chi connectivity index (χ4v) is 6.53. The van der Waals surface area contributed by atoms with E-state index < -0.39 is 10.0 Å². The molecule has 2 aliphatic rings. The summed E-state index contributed by atoms with van der Waals surface area (Å²) in [5.41, 5.74) is 1.14. The van der Waals surface area contributed by atoms with Gasteiger partial charge in [-0.1, -0.05) is 11.3 Å². The highest BCUT2D eigenvalue weighted by atomic mass is 35.5. The van der Waals surface area contributed by atoms with E-state index in [9.17, 15) is 13.2 Å². The highest BCUT2D eigenvalue weighted by molar-refractivity contribution is 7.89. The highest BCUT2D eigenvalue weighted by Crippen LogP contribution is 2.40. The molecule has 188 valence electrons. The molecule has 0 N–H and O–H groups in total. The molecule has 0 unspecified atom stereocenters. The van der Waals surface area contributed by atoms with Gasteiger partial charge in [0.15, 0.2) is 16.6 Å². The number of aromatic nitrogens is 1. The summed E-state index contributed by atoms with van der Waals surface area (Å²) >= 11 is 1.41. The molecular formula is C23H27ClN4O5S2. The van der Waals surface area contributed by atoms with Crippen molar-refractivity contribution in [3.8, 4) is 11.5 Å². The van der Waals surface area contributed by atoms with Gasteiger partial charge in [0.1, 0.15) is 0 Å². The van der Waals surface area contributed by atoms with E-state index in [1.54, 1.807) is 17.0 Å². The van der Waals surface area contributed by atoms with Crippen LogP contribution >= 0.6 is 23.7 Å². The molecule has 3 aromatic rings. The number of nitrogens with zero attached hydrogens (tertiary/aromatic N) is 4. The number of sulfonamides is 1. The van der Waals surface area contributed by atoms with Crippen LogP contribution in [0, 0.1) is 0 Å². The molecule has 0 aliphatic carbocycles. The van der Waals surface area contributed by atoms with Crippen molar-refractivity contribution in [2.45, 2.75) is 17.7 Å². The number of benzene rings is 2. The first-order valence-corrected chi connectivity index (χ1v) is 13.4. The maximum Gasteiger partial charge on any atom is 0.260 e. The lowest BCUT2D eigenvalue weighted by molar-refractivity contribution is 0.0985. The fourth-order valence-electron chi connectivity index (χ4n) is 4.01. The van der Waals surface area contributed by atoms with Crippen LogP contribution in [0.4, 0.5) is 5.13 Å². The van der Waals surface area contributed by atoms with Crippen LogP contribution in [0.15, 0.2) is 41.3 Å². The normalized spacial score (nSPS) is 15.5. The lowest BCUT2D eigenvalue weighted by atomic mass is 10.2. The van der Waals surface area contributed by atoms with Crippen molar-refractivity contribution in [2.75, 3.05) is 52.0 Å². The van der Waals surface area contributed by atoms with E-state index in [1.165, 1.54) is 27.8 Å². The van der Waals surface area contributed by atoms with E-state index in [2.05, 4.69) is 0 Å². The molecule has 1 fully saturated rings. The lowest BCUT2D eigenvalue weighted by Crippen LogP contribution is -2.36. The van der Waals surface area contributed by atoms with Gasteiger partial charge in [0.25, 0.3) is 5.91 Å². The van der Waals surface area contributed by atoms with Gasteiger partial charge in [-0.15, -0.1) is 12.4 Å². The molecule has 0 atom stereocenters. The van der Waals surface area contributed by atoms with Crippen LogP contribution < -0.4 is 14.4 Å². The minimum Gasteiger partial charge on any atom is -0.454 e. The molecule has 9 nitrogen and oxygen atoms in total. The number of fused-ring (bicyclic) bond motifs is 2. The fraction of sp³-hybridized carbons (Fsp3) is 0.391. The Morgan fingerprint density at radius 3 is 2.37 bits per heavy atom. The van der Waals surface area contributed by atoms with Crippen LogP contribution in [-0.2, 0) is 10.0 Å². The largest absolute Gasteiger partial charge is 0.454 e. The number of amides is 1. The van der Waals surface area contributed by atoms with Crippen LogP contribution in [0.5, 0.6) is 11.5 Å². The molecule has 5 rings (SSSR count). The smallest absolute Gasteiger partial charge is 0.260 e. The van der Waals surface area contributed by atoms with Gasteiger partial charge in [-0.3, -0.25) is 9.69 Å². The summed E-state index contributed by atoms with van der Waals surface area (Å²) in [6.45, 7) is 2.35. The number of hydrogen-bond acceptors (Lipinski definition) is 8. The molecule has 2 aromatic carbocycles. The van der Waals surface area contributed by atoms with Crippen molar-refractivity contribution in [1.82, 2.24) is 14.2 Å². The Hall–Kier alpha value is -2.44. The first kappa shape index (κ1) is 25.6. The quantitative estimate of drug-likeness (QED) is 0.455. The number of ether oxygens (including phenoxy) is 2. The first-order valence-electron chi connectivity index (χ1n) is 11.1. The van der Waals surface area contributed by atoms with Crippen molar-refractivity contribution < 1.29 is 22.7 Å². The molecular weight excluding hydrogens is 512 g/mol. The Morgan fingerprint density at radius 1 is 1.06 bits per heavy atom. The van der Waals surface area contributed by atoms with Crippen LogP contribution in [0.1, 0.15) is 23.2 Å². The van der Waals surface area contributed by atoms with Gasteiger partial charge in [-0.05, 0) is 51.2 Å². The molecule has 1 amide bonds. The molecule has 2 aliphatic heterocycles. The molecule has 1 saturated heterocycles. The van der Waals surface area contributed by atoms with Crippen molar-refractivity contribution >= 4 is 55.0 Å². The minimum atomic E-state index is -3.53. The second-order valence-electron chi connectivity index (χ2n) is 8.57. The van der Waals surface area contributed by atoms with Crippen molar-refractivity contribution in [1.29, 1.82) is 0 Å². The Balaban J connectivity index is 0.00000289. The number of hydrogen-bond donors (Lipinski definition) is 0. The molecule has 0 saturated carbocycles. The van der Waals surface area contributed by atoms with Crippen molar-refractivity contribution in [3.63, 3.8) is 0 Å². The second-order valence-corrected chi connectivity index (χ2v) is 11.5. The van der Waals surface area contributed by atoms with E-state index >= 15 is 0 Å². The topological polar surface area (TPSA) is 92.3 Å². The van der Waals surface area contributed by atoms with Gasteiger partial charge in [0.05, 0.1) is 15.1 Å². The third kappa shape index (κ3) is 5.10. The van der Waals surface area contributed by atoms with E-state index in [1.807, 2.05) is 31.1 Å². The Kier molecular flexibility index (Phi) is 7.53. The summed E-state index contributed by atoms with van der Waals surface area (Å²) in [5.74, 6) is 1.08. The molecule has 12 heteroatoms. The van der Waals surface area contributed by atoms with Gasteiger partial charge in [-0.2, -0.15) is 4.31 Å². The third-order valence-electron chi connectivity index (χ3n) is 5.92. The SMILES string of the molecule is CN(C)CCN(C(=O)c1ccc(S(=O)(=O)N2CCCC2)cc1)c1nc2cc3c(cc2s1)OCO3.Cl. The van der Waals surface area contributed by atoms with Gasteiger partial charge in [-0.25, -0.2) is 13.4 Å². The molecule has 1 aromatic heterocycles. The van der Waals surface area contributed by atoms with Crippen LogP contribution in [0.3, 0.4) is 0 Å². The second kappa shape index (κ2) is 10.3. The number of carbonyl (C=O) groups is 1. The van der Waals surface area contributed by atoms with Crippen molar-refractivity contribution in [2.24, 2.45) is 0 Å². The summed E-state index contributed by atoms with van der Waals surface area (Å²) < 4.78 is 39.0. The molecule has 35 heavy (non-hydrogen) atoms. The van der Waals surface area contributed by atoms with Gasteiger partial charge < -0.3 is 14.4 Å². The number of thiazole rings is 1. The Labute approximate surface area is 214 Å². The average molecular weight is 539 g/mol. The maximum atomic E-state index is 13.5. The summed E-state index contributed by atoms with van der Waals surface area (Å²) in [4.78, 5) is 22.1. The van der Waals surface area contributed by atoms with Gasteiger partial charge in [0, 0.05) is 43.9 Å². The first-order chi connectivity index (χ1) is 16.3. The summed E-state index contributed by atoms with van der Waals surface area (Å²) in [6.07, 6.45) is 1.75. The van der Waals surface area contributed by atoms with Crippen molar-refractivity contribution in [3.05, 3.63) is 42.0 Å². The summed E-state index contributed by atoms with van der Waals surface area (Å²) in [7, 11) is 0.356. The zero-order valence-electron chi connectivity index (χ0n) is 19.5. The van der Waals surface area contributed by atoms with E-state index in [0.717, 1.165) is 23.1 Å². The molecule has 0 radical (unpaired) electrons. The number of carbonyl (C=O) groups excluding carboxylic acids is 1. The van der Waals surface area contributed by atoms with Crippen LogP contribution in [0.2, 0.25) is 0 Å². The number of anilines is 1. The average Bonchev–Trinajstić information content (AvgIpc) is 3.57. The number of rotatable bonds is 7. The molecule has 0 spiro atoms. The predicted octanol–water partition coefficient (Wildman–Crippen LogP) is 3.44. The number of likely N-dealkylation sites (N-methyl/N-ethyl adjacent to an activating group) is 1. The number of halogens is 1. The summed E-state index contributed by atoms with van der Waals surface area (Å²) in [5, 5.41) is 0.569. The highest BCUT2D eigenvalue weighted by Gasteiger charge is 2.28.